The standard InChI is InChI=1S/C26H35NO4/c28-21(15-12-19-8-4-3-5-9-19)16-17-23-22(24(29)18-25(23)30)10-6-1-2-7-11-26(31)27-20-13-14-20/h1,3-6,8-9,16-17,20-24,28-29H,2,7,10-15,18H2,(H,27,31)/b6-1-,17-16+/t21?,22?,23?,24-/m0/s1. The van der Waals surface area contributed by atoms with Crippen LogP contribution in [0.5, 0.6) is 0 Å². The number of carbonyl (C=O) groups excluding carboxylic acids is 2. The molecule has 31 heavy (non-hydrogen) atoms. The number of nitrogens with one attached hydrogen (secondary N) is 1. The Morgan fingerprint density at radius 1 is 1.19 bits per heavy atom. The summed E-state index contributed by atoms with van der Waals surface area (Å²) in [4.78, 5) is 24.0. The van der Waals surface area contributed by atoms with Crippen molar-refractivity contribution in [3.8, 4) is 0 Å². The molecule has 0 saturated heterocycles. The highest BCUT2D eigenvalue weighted by atomic mass is 16.3. The fourth-order valence-corrected chi connectivity index (χ4v) is 4.11. The van der Waals surface area contributed by atoms with Crippen molar-refractivity contribution in [1.82, 2.24) is 5.32 Å². The first-order valence-electron chi connectivity index (χ1n) is 11.6. The summed E-state index contributed by atoms with van der Waals surface area (Å²) in [6.07, 6.45) is 12.8. The van der Waals surface area contributed by atoms with E-state index in [1.165, 1.54) is 5.56 Å². The monoisotopic (exact) mass is 425 g/mol. The number of unbranched alkanes of at least 4 members (excludes halogenated alkanes) is 1. The van der Waals surface area contributed by atoms with Crippen LogP contribution in [0.15, 0.2) is 54.6 Å². The molecule has 0 spiro atoms. The van der Waals surface area contributed by atoms with Gasteiger partial charge < -0.3 is 15.5 Å². The van der Waals surface area contributed by atoms with E-state index < -0.39 is 12.2 Å². The third kappa shape index (κ3) is 8.08. The van der Waals surface area contributed by atoms with Gasteiger partial charge in [0.2, 0.25) is 5.91 Å². The summed E-state index contributed by atoms with van der Waals surface area (Å²) in [5.74, 6) is -0.340. The van der Waals surface area contributed by atoms with Gasteiger partial charge in [-0.05, 0) is 50.5 Å². The molecule has 4 atom stereocenters. The SMILES string of the molecule is O=C(CCC/C=C\CC1C(/C=C/C(O)CCc2ccccc2)C(=O)C[C@@H]1O)NC1CC1. The minimum atomic E-state index is -0.641. The van der Waals surface area contributed by atoms with E-state index >= 15 is 0 Å². The summed E-state index contributed by atoms with van der Waals surface area (Å²) in [7, 11) is 0. The Hall–Kier alpha value is -2.24. The minimum absolute atomic E-state index is 0.0363. The van der Waals surface area contributed by atoms with Crippen molar-refractivity contribution in [1.29, 1.82) is 0 Å². The van der Waals surface area contributed by atoms with Crippen molar-refractivity contribution < 1.29 is 19.8 Å². The highest BCUT2D eigenvalue weighted by Crippen LogP contribution is 2.33. The van der Waals surface area contributed by atoms with Gasteiger partial charge >= 0.3 is 0 Å². The molecule has 3 unspecified atom stereocenters. The Balaban J connectivity index is 1.40. The van der Waals surface area contributed by atoms with Crippen LogP contribution in [0, 0.1) is 11.8 Å². The number of hydrogen-bond acceptors (Lipinski definition) is 4. The third-order valence-corrected chi connectivity index (χ3v) is 6.14. The second-order valence-electron chi connectivity index (χ2n) is 8.85. The van der Waals surface area contributed by atoms with E-state index in [0.717, 1.165) is 32.1 Å². The highest BCUT2D eigenvalue weighted by Gasteiger charge is 2.39. The molecule has 1 aromatic carbocycles. The normalized spacial score (nSPS) is 24.8. The summed E-state index contributed by atoms with van der Waals surface area (Å²) in [5.41, 5.74) is 1.18. The van der Waals surface area contributed by atoms with E-state index in [4.69, 9.17) is 0 Å². The fourth-order valence-electron chi connectivity index (χ4n) is 4.11. The molecule has 2 aliphatic rings. The first kappa shape index (κ1) is 23.4. The molecule has 2 fully saturated rings. The van der Waals surface area contributed by atoms with Crippen molar-refractivity contribution >= 4 is 11.7 Å². The summed E-state index contributed by atoms with van der Waals surface area (Å²) in [6, 6.07) is 10.4. The van der Waals surface area contributed by atoms with E-state index in [1.54, 1.807) is 12.2 Å². The topological polar surface area (TPSA) is 86.6 Å². The van der Waals surface area contributed by atoms with Gasteiger partial charge in [0.05, 0.1) is 12.2 Å². The smallest absolute Gasteiger partial charge is 0.220 e. The number of ketones is 1. The molecule has 0 bridgehead atoms. The number of aliphatic hydroxyl groups excluding tert-OH is 2. The van der Waals surface area contributed by atoms with Crippen LogP contribution in [0.2, 0.25) is 0 Å². The second kappa shape index (κ2) is 12.0. The van der Waals surface area contributed by atoms with Crippen LogP contribution in [-0.4, -0.2) is 40.2 Å². The maximum atomic E-state index is 12.3. The molecule has 0 aromatic heterocycles. The Kier molecular flexibility index (Phi) is 9.04. The summed E-state index contributed by atoms with van der Waals surface area (Å²) in [6.45, 7) is 0. The van der Waals surface area contributed by atoms with Gasteiger partial charge in [-0.3, -0.25) is 9.59 Å². The van der Waals surface area contributed by atoms with Crippen LogP contribution in [0.4, 0.5) is 0 Å². The van der Waals surface area contributed by atoms with Crippen LogP contribution in [-0.2, 0) is 16.0 Å². The number of amides is 1. The van der Waals surface area contributed by atoms with Crippen molar-refractivity contribution in [3.05, 3.63) is 60.2 Å². The summed E-state index contributed by atoms with van der Waals surface area (Å²) >= 11 is 0. The van der Waals surface area contributed by atoms with Gasteiger partial charge in [0.1, 0.15) is 5.78 Å². The Morgan fingerprint density at radius 2 is 1.97 bits per heavy atom. The number of aryl methyl sites for hydroxylation is 1. The van der Waals surface area contributed by atoms with Gasteiger partial charge in [0, 0.05) is 30.7 Å². The second-order valence-corrected chi connectivity index (χ2v) is 8.85. The molecule has 3 rings (SSSR count). The number of allylic oxidation sites excluding steroid dienone is 3. The molecule has 5 nitrogen and oxygen atoms in total. The van der Waals surface area contributed by atoms with Crippen molar-refractivity contribution in [2.24, 2.45) is 11.8 Å². The maximum Gasteiger partial charge on any atom is 0.220 e. The van der Waals surface area contributed by atoms with Gasteiger partial charge in [-0.1, -0.05) is 54.6 Å². The van der Waals surface area contributed by atoms with Crippen molar-refractivity contribution in [2.75, 3.05) is 0 Å². The molecule has 2 aliphatic carbocycles. The molecule has 1 aromatic rings. The average molecular weight is 426 g/mol. The lowest BCUT2D eigenvalue weighted by molar-refractivity contribution is -0.121. The molecule has 1 amide bonds. The zero-order valence-electron chi connectivity index (χ0n) is 18.2. The maximum absolute atomic E-state index is 12.3. The Morgan fingerprint density at radius 3 is 2.71 bits per heavy atom. The Bertz CT molecular complexity index is 769. The largest absolute Gasteiger partial charge is 0.392 e. The third-order valence-electron chi connectivity index (χ3n) is 6.14. The van der Waals surface area contributed by atoms with Gasteiger partial charge in [-0.2, -0.15) is 0 Å². The molecule has 0 heterocycles. The average Bonchev–Trinajstić information content (AvgIpc) is 3.52. The van der Waals surface area contributed by atoms with E-state index in [0.29, 0.717) is 25.3 Å². The van der Waals surface area contributed by atoms with Crippen LogP contribution in [0.1, 0.15) is 56.9 Å². The van der Waals surface area contributed by atoms with Gasteiger partial charge in [-0.25, -0.2) is 0 Å². The number of hydrogen-bond donors (Lipinski definition) is 3. The van der Waals surface area contributed by atoms with Crippen LogP contribution >= 0.6 is 0 Å². The van der Waals surface area contributed by atoms with E-state index in [9.17, 15) is 19.8 Å². The first-order valence-corrected chi connectivity index (χ1v) is 11.6. The molecular weight excluding hydrogens is 390 g/mol. The van der Waals surface area contributed by atoms with E-state index in [1.807, 2.05) is 42.5 Å². The first-order chi connectivity index (χ1) is 15.0. The number of Topliss-reactive ketones (excluding diaryl/α,β-unsaturated/α-hetero) is 1. The molecule has 0 aliphatic heterocycles. The van der Waals surface area contributed by atoms with E-state index in [2.05, 4.69) is 5.32 Å². The van der Waals surface area contributed by atoms with Gasteiger partial charge in [0.15, 0.2) is 0 Å². The predicted molar refractivity (Wildman–Crippen MR) is 121 cm³/mol. The number of aliphatic hydroxyl groups is 2. The molecular formula is C26H35NO4. The fraction of sp³-hybridized carbons (Fsp3) is 0.538. The summed E-state index contributed by atoms with van der Waals surface area (Å²) in [5, 5.41) is 23.6. The minimum Gasteiger partial charge on any atom is -0.392 e. The predicted octanol–water partition coefficient (Wildman–Crippen LogP) is 3.50. The molecule has 168 valence electrons. The molecule has 5 heteroatoms. The summed E-state index contributed by atoms with van der Waals surface area (Å²) < 4.78 is 0. The quantitative estimate of drug-likeness (QED) is 0.353. The zero-order valence-corrected chi connectivity index (χ0v) is 18.2. The highest BCUT2D eigenvalue weighted by molar-refractivity contribution is 5.86. The van der Waals surface area contributed by atoms with Gasteiger partial charge in [0.25, 0.3) is 0 Å². The van der Waals surface area contributed by atoms with Crippen LogP contribution in [0.25, 0.3) is 0 Å². The molecule has 0 radical (unpaired) electrons. The van der Waals surface area contributed by atoms with Gasteiger partial charge in [-0.15, -0.1) is 0 Å². The lowest BCUT2D eigenvalue weighted by Gasteiger charge is -2.17. The number of rotatable bonds is 12. The number of benzene rings is 1. The van der Waals surface area contributed by atoms with Crippen molar-refractivity contribution in [3.63, 3.8) is 0 Å². The van der Waals surface area contributed by atoms with Crippen molar-refractivity contribution in [2.45, 2.75) is 76.0 Å². The molecule has 3 N–H and O–H groups in total. The van der Waals surface area contributed by atoms with Crippen LogP contribution < -0.4 is 5.32 Å². The van der Waals surface area contributed by atoms with E-state index in [-0.39, 0.29) is 29.9 Å². The Labute approximate surface area is 185 Å². The lowest BCUT2D eigenvalue weighted by atomic mass is 9.90. The number of carbonyl (C=O) groups is 2. The lowest BCUT2D eigenvalue weighted by Crippen LogP contribution is -2.24. The van der Waals surface area contributed by atoms with Crippen LogP contribution in [0.3, 0.4) is 0 Å². The molecule has 2 saturated carbocycles. The zero-order chi connectivity index (χ0) is 22.1.